The molecule has 1 atom stereocenters. The van der Waals surface area contributed by atoms with Gasteiger partial charge in [0.1, 0.15) is 0 Å². The second kappa shape index (κ2) is 6.22. The van der Waals surface area contributed by atoms with Gasteiger partial charge < -0.3 is 10.6 Å². The highest BCUT2D eigenvalue weighted by molar-refractivity contribution is 4.90. The summed E-state index contributed by atoms with van der Waals surface area (Å²) in [5.74, 6) is -0.410. The number of alkyl halides is 3. The number of hydrogen-bond donors (Lipinski definition) is 1. The van der Waals surface area contributed by atoms with Gasteiger partial charge in [-0.25, -0.2) is 0 Å². The van der Waals surface area contributed by atoms with E-state index < -0.39 is 12.1 Å². The van der Waals surface area contributed by atoms with Crippen LogP contribution in [-0.4, -0.2) is 37.3 Å². The van der Waals surface area contributed by atoms with E-state index in [2.05, 4.69) is 6.92 Å². The first-order valence-corrected chi connectivity index (χ1v) is 7.84. The number of rotatable bonds is 3. The molecule has 0 aromatic rings. The Hall–Kier alpha value is -0.290. The van der Waals surface area contributed by atoms with E-state index in [-0.39, 0.29) is 18.4 Å². The lowest BCUT2D eigenvalue weighted by molar-refractivity contribution is -0.188. The predicted octanol–water partition coefficient (Wildman–Crippen LogP) is 3.42. The van der Waals surface area contributed by atoms with E-state index in [4.69, 9.17) is 5.73 Å². The van der Waals surface area contributed by atoms with Crippen LogP contribution in [0.4, 0.5) is 13.2 Å². The van der Waals surface area contributed by atoms with Crippen molar-refractivity contribution in [3.63, 3.8) is 0 Å². The number of nitrogens with zero attached hydrogens (tertiary/aromatic N) is 1. The average Bonchev–Trinajstić information content (AvgIpc) is 2.41. The van der Waals surface area contributed by atoms with Gasteiger partial charge in [-0.05, 0) is 50.1 Å². The topological polar surface area (TPSA) is 29.3 Å². The normalized spacial score (nSPS) is 37.0. The number of halogens is 3. The maximum Gasteiger partial charge on any atom is 0.393 e. The highest BCUT2D eigenvalue weighted by atomic mass is 19.4. The molecule has 2 fully saturated rings. The van der Waals surface area contributed by atoms with Crippen LogP contribution in [0.3, 0.4) is 0 Å². The van der Waals surface area contributed by atoms with Gasteiger partial charge in [-0.15, -0.1) is 0 Å². The smallest absolute Gasteiger partial charge is 0.330 e. The van der Waals surface area contributed by atoms with Crippen molar-refractivity contribution in [2.45, 2.75) is 51.6 Å². The van der Waals surface area contributed by atoms with E-state index in [0.29, 0.717) is 13.0 Å². The van der Waals surface area contributed by atoms with Crippen molar-refractivity contribution in [3.05, 3.63) is 0 Å². The SMILES string of the molecule is CC1CCC(CN)(CN2CCCC(C(F)(F)F)C2)CC1. The van der Waals surface area contributed by atoms with E-state index in [0.717, 1.165) is 44.7 Å². The van der Waals surface area contributed by atoms with E-state index in [9.17, 15) is 13.2 Å². The van der Waals surface area contributed by atoms with Crippen molar-refractivity contribution in [2.24, 2.45) is 23.0 Å². The van der Waals surface area contributed by atoms with Crippen LogP contribution in [-0.2, 0) is 0 Å². The molecular formula is C15H27F3N2. The molecule has 0 bridgehead atoms. The fourth-order valence-electron chi connectivity index (χ4n) is 3.74. The number of hydrogen-bond acceptors (Lipinski definition) is 2. The van der Waals surface area contributed by atoms with Gasteiger partial charge in [-0.1, -0.05) is 19.8 Å². The summed E-state index contributed by atoms with van der Waals surface area (Å²) in [5, 5.41) is 0. The Morgan fingerprint density at radius 1 is 1.20 bits per heavy atom. The van der Waals surface area contributed by atoms with Crippen molar-refractivity contribution >= 4 is 0 Å². The van der Waals surface area contributed by atoms with Crippen LogP contribution in [0.25, 0.3) is 0 Å². The van der Waals surface area contributed by atoms with Gasteiger partial charge in [0.05, 0.1) is 5.92 Å². The van der Waals surface area contributed by atoms with Crippen LogP contribution in [0.1, 0.15) is 45.4 Å². The molecule has 1 heterocycles. The third-order valence-corrected chi connectivity index (χ3v) is 5.30. The maximum absolute atomic E-state index is 12.9. The van der Waals surface area contributed by atoms with E-state index >= 15 is 0 Å². The lowest BCUT2D eigenvalue weighted by Crippen LogP contribution is -2.49. The van der Waals surface area contributed by atoms with E-state index in [1.165, 1.54) is 0 Å². The summed E-state index contributed by atoms with van der Waals surface area (Å²) in [6.07, 6.45) is 1.35. The molecule has 118 valence electrons. The highest BCUT2D eigenvalue weighted by Gasteiger charge is 2.43. The summed E-state index contributed by atoms with van der Waals surface area (Å²) < 4.78 is 38.6. The third-order valence-electron chi connectivity index (χ3n) is 5.30. The van der Waals surface area contributed by atoms with Gasteiger partial charge in [0.2, 0.25) is 0 Å². The van der Waals surface area contributed by atoms with Crippen LogP contribution < -0.4 is 5.73 Å². The maximum atomic E-state index is 12.9. The molecule has 20 heavy (non-hydrogen) atoms. The lowest BCUT2D eigenvalue weighted by Gasteiger charge is -2.44. The third kappa shape index (κ3) is 3.88. The fourth-order valence-corrected chi connectivity index (χ4v) is 3.74. The van der Waals surface area contributed by atoms with Gasteiger partial charge in [-0.2, -0.15) is 13.2 Å². The summed E-state index contributed by atoms with van der Waals surface area (Å²) in [6, 6.07) is 0. The molecular weight excluding hydrogens is 265 g/mol. The van der Waals surface area contributed by atoms with Gasteiger partial charge in [-0.3, -0.25) is 0 Å². The molecule has 2 N–H and O–H groups in total. The first-order valence-electron chi connectivity index (χ1n) is 7.84. The summed E-state index contributed by atoms with van der Waals surface area (Å²) in [4.78, 5) is 2.02. The Bertz CT molecular complexity index is 309. The molecule has 1 saturated heterocycles. The van der Waals surface area contributed by atoms with Gasteiger partial charge in [0.15, 0.2) is 0 Å². The minimum Gasteiger partial charge on any atom is -0.330 e. The van der Waals surface area contributed by atoms with Crippen molar-refractivity contribution in [1.82, 2.24) is 4.90 Å². The van der Waals surface area contributed by atoms with Crippen molar-refractivity contribution in [3.8, 4) is 0 Å². The Kier molecular flexibility index (Phi) is 5.00. The number of likely N-dealkylation sites (tertiary alicyclic amines) is 1. The summed E-state index contributed by atoms with van der Waals surface area (Å²) in [6.45, 7) is 4.57. The summed E-state index contributed by atoms with van der Waals surface area (Å²) in [5.41, 5.74) is 6.03. The van der Waals surface area contributed by atoms with Crippen molar-refractivity contribution in [1.29, 1.82) is 0 Å². The summed E-state index contributed by atoms with van der Waals surface area (Å²) >= 11 is 0. The van der Waals surface area contributed by atoms with Crippen LogP contribution in [0.5, 0.6) is 0 Å². The molecule has 1 aliphatic carbocycles. The molecule has 1 saturated carbocycles. The predicted molar refractivity (Wildman–Crippen MR) is 74.3 cm³/mol. The molecule has 5 heteroatoms. The van der Waals surface area contributed by atoms with E-state index in [1.807, 2.05) is 4.90 Å². The van der Waals surface area contributed by atoms with Crippen LogP contribution >= 0.6 is 0 Å². The molecule has 0 aromatic carbocycles. The monoisotopic (exact) mass is 292 g/mol. The zero-order valence-electron chi connectivity index (χ0n) is 12.4. The molecule has 1 aliphatic heterocycles. The quantitative estimate of drug-likeness (QED) is 0.863. The van der Waals surface area contributed by atoms with Gasteiger partial charge in [0.25, 0.3) is 0 Å². The van der Waals surface area contributed by atoms with Crippen molar-refractivity contribution in [2.75, 3.05) is 26.2 Å². The minimum atomic E-state index is -4.05. The summed E-state index contributed by atoms with van der Waals surface area (Å²) in [7, 11) is 0. The first kappa shape index (κ1) is 16.1. The van der Waals surface area contributed by atoms with Crippen molar-refractivity contribution < 1.29 is 13.2 Å². The fraction of sp³-hybridized carbons (Fsp3) is 1.00. The van der Waals surface area contributed by atoms with Gasteiger partial charge in [0, 0.05) is 13.1 Å². The van der Waals surface area contributed by atoms with Crippen LogP contribution in [0, 0.1) is 17.3 Å². The molecule has 0 aromatic heterocycles. The second-order valence-electron chi connectivity index (χ2n) is 7.00. The Labute approximate surface area is 119 Å². The van der Waals surface area contributed by atoms with Crippen LogP contribution in [0.2, 0.25) is 0 Å². The Morgan fingerprint density at radius 3 is 2.40 bits per heavy atom. The molecule has 0 radical (unpaired) electrons. The molecule has 2 rings (SSSR count). The molecule has 2 nitrogen and oxygen atoms in total. The zero-order valence-corrected chi connectivity index (χ0v) is 12.4. The number of piperidine rings is 1. The van der Waals surface area contributed by atoms with E-state index in [1.54, 1.807) is 0 Å². The molecule has 0 spiro atoms. The number of nitrogens with two attached hydrogens (primary N) is 1. The molecule has 1 unspecified atom stereocenters. The minimum absolute atomic E-state index is 0.0556. The second-order valence-corrected chi connectivity index (χ2v) is 7.00. The van der Waals surface area contributed by atoms with Crippen LogP contribution in [0.15, 0.2) is 0 Å². The lowest BCUT2D eigenvalue weighted by atomic mass is 9.70. The largest absolute Gasteiger partial charge is 0.393 e. The zero-order chi connectivity index (χ0) is 14.8. The van der Waals surface area contributed by atoms with Gasteiger partial charge >= 0.3 is 6.18 Å². The molecule has 0 amide bonds. The Balaban J connectivity index is 1.94. The average molecular weight is 292 g/mol. The standard InChI is InChI=1S/C15H27F3N2/c1-12-4-6-14(10-19,7-5-12)11-20-8-2-3-13(9-20)15(16,17)18/h12-13H,2-11,19H2,1H3. The highest BCUT2D eigenvalue weighted by Crippen LogP contribution is 2.40. The Morgan fingerprint density at radius 2 is 1.85 bits per heavy atom. The molecule has 2 aliphatic rings. The first-order chi connectivity index (χ1) is 9.35.